The average molecular weight is 297 g/mol. The molecular weight excluding hydrogens is 288 g/mol. The van der Waals surface area contributed by atoms with Crippen molar-refractivity contribution in [3.63, 3.8) is 0 Å². The number of nitrogens with zero attached hydrogens (tertiary/aromatic N) is 3. The van der Waals surface area contributed by atoms with E-state index in [9.17, 15) is 14.9 Å². The Balaban J connectivity index is 2.50. The molecule has 1 aromatic heterocycles. The standard InChI is InChI=1S/C11H9ClN4O4/c1-20-11(17)7-5-14-15(10(7)13)9-3-2-6(16(18)19)4-8(9)12/h2-5H,13H2,1H3. The van der Waals surface area contributed by atoms with Gasteiger partial charge in [-0.05, 0) is 6.07 Å². The van der Waals surface area contributed by atoms with Crippen molar-refractivity contribution in [1.29, 1.82) is 0 Å². The predicted octanol–water partition coefficient (Wildman–Crippen LogP) is 1.80. The molecule has 0 atom stereocenters. The van der Waals surface area contributed by atoms with Crippen LogP contribution in [-0.4, -0.2) is 27.8 Å². The molecule has 2 N–H and O–H groups in total. The van der Waals surface area contributed by atoms with E-state index in [0.717, 1.165) is 0 Å². The number of carbonyl (C=O) groups is 1. The Hall–Kier alpha value is -2.61. The molecule has 9 heteroatoms. The van der Waals surface area contributed by atoms with Gasteiger partial charge in [0.25, 0.3) is 5.69 Å². The molecular formula is C11H9ClN4O4. The summed E-state index contributed by atoms with van der Waals surface area (Å²) in [5.74, 6) is -0.598. The second-order valence-corrected chi connectivity index (χ2v) is 4.15. The van der Waals surface area contributed by atoms with Gasteiger partial charge in [-0.2, -0.15) is 5.10 Å². The highest BCUT2D eigenvalue weighted by Gasteiger charge is 2.19. The second kappa shape index (κ2) is 5.17. The number of nitrogen functional groups attached to an aromatic ring is 1. The number of aromatic nitrogens is 2. The van der Waals surface area contributed by atoms with Crippen LogP contribution in [0, 0.1) is 10.1 Å². The summed E-state index contributed by atoms with van der Waals surface area (Å²) in [6.45, 7) is 0. The number of hydrogen-bond donors (Lipinski definition) is 1. The van der Waals surface area contributed by atoms with E-state index in [0.29, 0.717) is 5.69 Å². The van der Waals surface area contributed by atoms with Gasteiger partial charge in [0.1, 0.15) is 11.4 Å². The van der Waals surface area contributed by atoms with Crippen molar-refractivity contribution >= 4 is 29.1 Å². The van der Waals surface area contributed by atoms with E-state index in [4.69, 9.17) is 17.3 Å². The molecule has 0 amide bonds. The number of esters is 1. The first-order valence-electron chi connectivity index (χ1n) is 5.32. The molecule has 0 fully saturated rings. The number of carbonyl (C=O) groups excluding carboxylic acids is 1. The molecule has 1 aromatic carbocycles. The third kappa shape index (κ3) is 2.28. The first-order chi connectivity index (χ1) is 9.45. The Bertz CT molecular complexity index is 698. The van der Waals surface area contributed by atoms with Gasteiger partial charge in [-0.15, -0.1) is 0 Å². The second-order valence-electron chi connectivity index (χ2n) is 3.74. The number of nitrogens with two attached hydrogens (primary N) is 1. The van der Waals surface area contributed by atoms with Crippen molar-refractivity contribution in [3.05, 3.63) is 45.1 Å². The van der Waals surface area contributed by atoms with Crippen LogP contribution in [0.2, 0.25) is 5.02 Å². The molecule has 2 aromatic rings. The lowest BCUT2D eigenvalue weighted by Gasteiger charge is -2.06. The summed E-state index contributed by atoms with van der Waals surface area (Å²) >= 11 is 5.97. The summed E-state index contributed by atoms with van der Waals surface area (Å²) in [5.41, 5.74) is 6.04. The molecule has 1 heterocycles. The van der Waals surface area contributed by atoms with Gasteiger partial charge in [0, 0.05) is 12.1 Å². The third-order valence-electron chi connectivity index (χ3n) is 2.58. The van der Waals surface area contributed by atoms with Crippen LogP contribution in [0.4, 0.5) is 11.5 Å². The predicted molar refractivity (Wildman–Crippen MR) is 71.0 cm³/mol. The molecule has 0 saturated carbocycles. The molecule has 0 aliphatic heterocycles. The van der Waals surface area contributed by atoms with E-state index >= 15 is 0 Å². The lowest BCUT2D eigenvalue weighted by molar-refractivity contribution is -0.384. The molecule has 8 nitrogen and oxygen atoms in total. The highest BCUT2D eigenvalue weighted by atomic mass is 35.5. The maximum absolute atomic E-state index is 11.4. The molecule has 2 rings (SSSR count). The summed E-state index contributed by atoms with van der Waals surface area (Å²) in [7, 11) is 1.22. The van der Waals surface area contributed by atoms with Crippen molar-refractivity contribution in [2.45, 2.75) is 0 Å². The zero-order chi connectivity index (χ0) is 14.9. The van der Waals surface area contributed by atoms with Crippen molar-refractivity contribution < 1.29 is 14.5 Å². The van der Waals surface area contributed by atoms with E-state index in [1.54, 1.807) is 0 Å². The monoisotopic (exact) mass is 296 g/mol. The number of hydrogen-bond acceptors (Lipinski definition) is 6. The van der Waals surface area contributed by atoms with Crippen LogP contribution in [0.25, 0.3) is 5.69 Å². The quantitative estimate of drug-likeness (QED) is 0.525. The fraction of sp³-hybridized carbons (Fsp3) is 0.0909. The van der Waals surface area contributed by atoms with Gasteiger partial charge in [0.05, 0.1) is 28.9 Å². The summed E-state index contributed by atoms with van der Waals surface area (Å²) in [4.78, 5) is 21.5. The molecule has 0 aliphatic carbocycles. The molecule has 0 spiro atoms. The molecule has 0 unspecified atom stereocenters. The van der Waals surface area contributed by atoms with Crippen LogP contribution in [0.5, 0.6) is 0 Å². The smallest absolute Gasteiger partial charge is 0.343 e. The fourth-order valence-electron chi connectivity index (χ4n) is 1.60. The summed E-state index contributed by atoms with van der Waals surface area (Å²) in [6, 6.07) is 3.83. The molecule has 0 radical (unpaired) electrons. The van der Waals surface area contributed by atoms with Crippen molar-refractivity contribution in [2.75, 3.05) is 12.8 Å². The maximum atomic E-state index is 11.4. The van der Waals surface area contributed by atoms with E-state index in [2.05, 4.69) is 9.84 Å². The molecule has 20 heavy (non-hydrogen) atoms. The highest BCUT2D eigenvalue weighted by molar-refractivity contribution is 6.32. The van der Waals surface area contributed by atoms with Gasteiger partial charge in [0.2, 0.25) is 0 Å². The van der Waals surface area contributed by atoms with E-state index in [1.165, 1.54) is 36.2 Å². The van der Waals surface area contributed by atoms with Crippen molar-refractivity contribution in [3.8, 4) is 5.69 Å². The van der Waals surface area contributed by atoms with Crippen LogP contribution < -0.4 is 5.73 Å². The fourth-order valence-corrected chi connectivity index (χ4v) is 1.85. The Kier molecular flexibility index (Phi) is 3.57. The number of methoxy groups -OCH3 is 1. The topological polar surface area (TPSA) is 113 Å². The van der Waals surface area contributed by atoms with Gasteiger partial charge in [0.15, 0.2) is 0 Å². The van der Waals surface area contributed by atoms with Crippen LogP contribution in [0.15, 0.2) is 24.4 Å². The number of ether oxygens (including phenoxy) is 1. The third-order valence-corrected chi connectivity index (χ3v) is 2.88. The average Bonchev–Trinajstić information content (AvgIpc) is 2.79. The van der Waals surface area contributed by atoms with Crippen molar-refractivity contribution in [2.24, 2.45) is 0 Å². The van der Waals surface area contributed by atoms with Gasteiger partial charge in [-0.3, -0.25) is 10.1 Å². The number of nitro groups is 1. The lowest BCUT2D eigenvalue weighted by Crippen LogP contribution is -2.07. The van der Waals surface area contributed by atoms with Crippen LogP contribution >= 0.6 is 11.6 Å². The number of non-ortho nitro benzene ring substituents is 1. The van der Waals surface area contributed by atoms with Gasteiger partial charge < -0.3 is 10.5 Å². The largest absolute Gasteiger partial charge is 0.465 e. The van der Waals surface area contributed by atoms with Gasteiger partial charge >= 0.3 is 5.97 Å². The first-order valence-corrected chi connectivity index (χ1v) is 5.69. The Labute approximate surface area is 117 Å². The van der Waals surface area contributed by atoms with Crippen LogP contribution in [-0.2, 0) is 4.74 Å². The number of nitro benzene ring substituents is 1. The molecule has 0 bridgehead atoms. The van der Waals surface area contributed by atoms with E-state index in [-0.39, 0.29) is 22.1 Å². The van der Waals surface area contributed by atoms with Crippen LogP contribution in [0.1, 0.15) is 10.4 Å². The minimum Gasteiger partial charge on any atom is -0.465 e. The normalized spacial score (nSPS) is 10.3. The molecule has 0 saturated heterocycles. The maximum Gasteiger partial charge on any atom is 0.343 e. The Morgan fingerprint density at radius 2 is 2.25 bits per heavy atom. The van der Waals surface area contributed by atoms with E-state index < -0.39 is 10.9 Å². The zero-order valence-electron chi connectivity index (χ0n) is 10.2. The van der Waals surface area contributed by atoms with Crippen LogP contribution in [0.3, 0.4) is 0 Å². The zero-order valence-corrected chi connectivity index (χ0v) is 11.0. The summed E-state index contributed by atoms with van der Waals surface area (Å²) in [5, 5.41) is 14.7. The molecule has 104 valence electrons. The Morgan fingerprint density at radius 1 is 1.55 bits per heavy atom. The number of halogens is 1. The number of rotatable bonds is 3. The SMILES string of the molecule is COC(=O)c1cnn(-c2ccc([N+](=O)[O-])cc2Cl)c1N. The van der Waals surface area contributed by atoms with Crippen molar-refractivity contribution in [1.82, 2.24) is 9.78 Å². The molecule has 0 aliphatic rings. The first kappa shape index (κ1) is 13.8. The highest BCUT2D eigenvalue weighted by Crippen LogP contribution is 2.27. The number of anilines is 1. The number of benzene rings is 1. The minimum absolute atomic E-state index is 0.0348. The minimum atomic E-state index is -0.633. The summed E-state index contributed by atoms with van der Waals surface area (Å²) in [6.07, 6.45) is 1.24. The van der Waals surface area contributed by atoms with E-state index in [1.807, 2.05) is 0 Å². The van der Waals surface area contributed by atoms with Gasteiger partial charge in [-0.1, -0.05) is 11.6 Å². The van der Waals surface area contributed by atoms with Gasteiger partial charge in [-0.25, -0.2) is 9.48 Å². The Morgan fingerprint density at radius 3 is 2.80 bits per heavy atom. The lowest BCUT2D eigenvalue weighted by atomic mass is 10.2. The summed E-state index contributed by atoms with van der Waals surface area (Å²) < 4.78 is 5.76.